The number of Topliss-reactive ketones (excluding diaryl/α,β-unsaturated/α-hetero) is 1. The van der Waals surface area contributed by atoms with Crippen molar-refractivity contribution in [2.75, 3.05) is 51.0 Å². The van der Waals surface area contributed by atoms with E-state index in [0.717, 1.165) is 74.7 Å². The van der Waals surface area contributed by atoms with Gasteiger partial charge >= 0.3 is 0 Å². The molecule has 7 rings (SSSR count). The summed E-state index contributed by atoms with van der Waals surface area (Å²) in [5, 5.41) is 16.6. The van der Waals surface area contributed by atoms with Gasteiger partial charge in [-0.1, -0.05) is 57.2 Å². The van der Waals surface area contributed by atoms with Crippen molar-refractivity contribution in [3.63, 3.8) is 0 Å². The Hall–Kier alpha value is -6.20. The standard InChI is InChI=1S/C59H76N6O9S/c1-10-64(45-23-27-72-28-24-45)50-31-44(30-49(38(50)4)52(67)22-21-48-36(2)29-37(3)61-56(48)69)42-17-19-47(20-18-42)74-26-12-11-25-73-34-53(68)63-55(59(7,8)9)58(71)65-33-46(66)32-51(65)57(70)62-39(5)41-13-15-43(16-14-41)54-40(6)60-35-75-54/h13-20,29-31,35,39,45-46,51,55,66H,10-12,21-28,32-34H2,1-9H3,(H,61,69)(H,62,70)(H,63,68)/t39-,46+,51-,55+/m0/s1. The van der Waals surface area contributed by atoms with Crippen LogP contribution < -0.4 is 25.8 Å². The quantitative estimate of drug-likeness (QED) is 0.0383. The molecule has 16 heteroatoms. The summed E-state index contributed by atoms with van der Waals surface area (Å²) in [6.07, 6.45) is 2.89. The lowest BCUT2D eigenvalue weighted by atomic mass is 9.85. The van der Waals surface area contributed by atoms with Crippen molar-refractivity contribution in [3.8, 4) is 27.3 Å². The molecule has 0 spiro atoms. The third kappa shape index (κ3) is 14.4. The first-order chi connectivity index (χ1) is 35.8. The van der Waals surface area contributed by atoms with Crippen LogP contribution in [-0.2, 0) is 30.3 Å². The summed E-state index contributed by atoms with van der Waals surface area (Å²) < 4.78 is 17.5. The van der Waals surface area contributed by atoms with E-state index >= 15 is 0 Å². The van der Waals surface area contributed by atoms with Gasteiger partial charge in [0.1, 0.15) is 24.4 Å². The molecule has 3 aromatic carbocycles. The fourth-order valence-electron chi connectivity index (χ4n) is 10.3. The number of aliphatic hydroxyl groups is 1. The van der Waals surface area contributed by atoms with Crippen molar-refractivity contribution >= 4 is 40.5 Å². The predicted molar refractivity (Wildman–Crippen MR) is 295 cm³/mol. The summed E-state index contributed by atoms with van der Waals surface area (Å²) in [4.78, 5) is 80.1. The molecule has 3 amide bonds. The van der Waals surface area contributed by atoms with Crippen molar-refractivity contribution in [2.45, 2.75) is 138 Å². The Morgan fingerprint density at radius 1 is 0.933 bits per heavy atom. The zero-order valence-electron chi connectivity index (χ0n) is 45.2. The number of amides is 3. The maximum absolute atomic E-state index is 14.2. The topological polar surface area (TPSA) is 192 Å². The number of aryl methyl sites for hydroxylation is 3. The van der Waals surface area contributed by atoms with E-state index in [1.54, 1.807) is 11.3 Å². The van der Waals surface area contributed by atoms with Crippen LogP contribution in [0.15, 0.2) is 77.0 Å². The number of carbonyl (C=O) groups is 4. The van der Waals surface area contributed by atoms with Gasteiger partial charge in [0, 0.05) is 74.3 Å². The Bertz CT molecular complexity index is 2830. The van der Waals surface area contributed by atoms with E-state index < -0.39 is 35.4 Å². The molecular weight excluding hydrogens is 969 g/mol. The number of carbonyl (C=O) groups excluding carboxylic acids is 4. The highest BCUT2D eigenvalue weighted by molar-refractivity contribution is 7.13. The zero-order chi connectivity index (χ0) is 54.0. The Morgan fingerprint density at radius 2 is 1.63 bits per heavy atom. The Labute approximate surface area is 445 Å². The van der Waals surface area contributed by atoms with Gasteiger partial charge in [-0.15, -0.1) is 11.3 Å². The number of nitrogens with zero attached hydrogens (tertiary/aromatic N) is 3. The van der Waals surface area contributed by atoms with Crippen LogP contribution in [0.1, 0.15) is 123 Å². The number of ketones is 1. The van der Waals surface area contributed by atoms with E-state index in [-0.39, 0.29) is 49.3 Å². The first-order valence-electron chi connectivity index (χ1n) is 26.4. The second-order valence-electron chi connectivity index (χ2n) is 21.2. The summed E-state index contributed by atoms with van der Waals surface area (Å²) in [5.41, 5.74) is 10.7. The number of rotatable bonds is 22. The van der Waals surface area contributed by atoms with Crippen LogP contribution in [0.5, 0.6) is 5.75 Å². The second-order valence-corrected chi connectivity index (χ2v) is 22.0. The van der Waals surface area contributed by atoms with Crippen LogP contribution in [0.4, 0.5) is 5.69 Å². The van der Waals surface area contributed by atoms with Gasteiger partial charge in [-0.25, -0.2) is 4.98 Å². The van der Waals surface area contributed by atoms with Gasteiger partial charge in [0.2, 0.25) is 17.7 Å². The number of aromatic amines is 1. The van der Waals surface area contributed by atoms with Crippen molar-refractivity contribution in [2.24, 2.45) is 5.41 Å². The molecule has 0 radical (unpaired) electrons. The SMILES string of the molecule is CCN(c1cc(-c2ccc(OCCCCOCC(=O)N[C@H](C(=O)N3C[C@H](O)C[C@H]3C(=O)N[C@@H](C)c3ccc(-c4scnc4C)cc3)C(C)(C)C)cc2)cc(C(=O)CCc2c(C)cc(C)[nH]c2=O)c1C)C1CCOCC1. The third-order valence-corrected chi connectivity index (χ3v) is 15.5. The van der Waals surface area contributed by atoms with E-state index in [0.29, 0.717) is 68.6 Å². The summed E-state index contributed by atoms with van der Waals surface area (Å²) in [6, 6.07) is 20.0. The molecular formula is C59H76N6O9S. The monoisotopic (exact) mass is 1040 g/mol. The minimum atomic E-state index is -0.971. The van der Waals surface area contributed by atoms with E-state index in [1.165, 1.54) is 4.90 Å². The number of ether oxygens (including phenoxy) is 3. The van der Waals surface area contributed by atoms with Crippen LogP contribution in [0, 0.1) is 33.1 Å². The van der Waals surface area contributed by atoms with E-state index in [9.17, 15) is 29.1 Å². The lowest BCUT2D eigenvalue weighted by Crippen LogP contribution is -2.58. The zero-order valence-corrected chi connectivity index (χ0v) is 46.0. The highest BCUT2D eigenvalue weighted by Gasteiger charge is 2.45. The Kier molecular flexibility index (Phi) is 19.3. The Balaban J connectivity index is 0.894. The number of hydrogen-bond donors (Lipinski definition) is 4. The second kappa shape index (κ2) is 25.6. The van der Waals surface area contributed by atoms with Crippen molar-refractivity contribution in [1.82, 2.24) is 25.5 Å². The van der Waals surface area contributed by atoms with Crippen molar-refractivity contribution < 1.29 is 38.5 Å². The van der Waals surface area contributed by atoms with Gasteiger partial charge in [-0.3, -0.25) is 24.0 Å². The molecule has 0 unspecified atom stereocenters. The molecule has 0 aliphatic carbocycles. The van der Waals surface area contributed by atoms with Gasteiger partial charge in [0.25, 0.3) is 5.56 Å². The van der Waals surface area contributed by atoms with Gasteiger partial charge in [-0.05, 0) is 143 Å². The van der Waals surface area contributed by atoms with E-state index in [1.807, 2.05) is 122 Å². The van der Waals surface area contributed by atoms with Crippen LogP contribution >= 0.6 is 11.3 Å². The van der Waals surface area contributed by atoms with Crippen LogP contribution in [-0.4, -0.2) is 114 Å². The van der Waals surface area contributed by atoms with Gasteiger partial charge in [0.15, 0.2) is 5.78 Å². The first kappa shape index (κ1) is 56.5. The number of hydrogen-bond acceptors (Lipinski definition) is 12. The number of benzene rings is 3. The third-order valence-electron chi connectivity index (χ3n) is 14.5. The van der Waals surface area contributed by atoms with Crippen molar-refractivity contribution in [1.29, 1.82) is 0 Å². The highest BCUT2D eigenvalue weighted by Crippen LogP contribution is 2.36. The average Bonchev–Trinajstić information content (AvgIpc) is 4.00. The number of unbranched alkanes of at least 4 members (excludes halogenated alkanes) is 1. The number of aromatic nitrogens is 2. The molecule has 5 aromatic rings. The molecule has 15 nitrogen and oxygen atoms in total. The highest BCUT2D eigenvalue weighted by atomic mass is 32.1. The number of likely N-dealkylation sites (tertiary alicyclic amines) is 1. The molecule has 2 aliphatic heterocycles. The van der Waals surface area contributed by atoms with E-state index in [2.05, 4.69) is 38.5 Å². The maximum Gasteiger partial charge on any atom is 0.251 e. The minimum absolute atomic E-state index is 0.00539. The number of anilines is 1. The lowest BCUT2D eigenvalue weighted by Gasteiger charge is -2.37. The number of β-amino-alcohol motifs (C(OH)–C–C–N with tert-alkyl or cyclic N) is 1. The molecule has 4 atom stereocenters. The first-order valence-corrected chi connectivity index (χ1v) is 27.3. The Morgan fingerprint density at radius 3 is 2.28 bits per heavy atom. The van der Waals surface area contributed by atoms with Gasteiger partial charge < -0.3 is 44.7 Å². The van der Waals surface area contributed by atoms with E-state index in [4.69, 9.17) is 14.2 Å². The number of pyridine rings is 1. The minimum Gasteiger partial charge on any atom is -0.494 e. The number of nitrogens with one attached hydrogen (secondary N) is 3. The summed E-state index contributed by atoms with van der Waals surface area (Å²) in [5.74, 6) is -0.572. The summed E-state index contributed by atoms with van der Waals surface area (Å²) in [7, 11) is 0. The summed E-state index contributed by atoms with van der Waals surface area (Å²) in [6.45, 7) is 20.0. The number of thiazole rings is 1. The molecule has 2 aromatic heterocycles. The summed E-state index contributed by atoms with van der Waals surface area (Å²) >= 11 is 1.57. The molecule has 75 heavy (non-hydrogen) atoms. The molecule has 0 bridgehead atoms. The van der Waals surface area contributed by atoms with Crippen molar-refractivity contribution in [3.05, 3.63) is 122 Å². The predicted octanol–water partition coefficient (Wildman–Crippen LogP) is 8.77. The van der Waals surface area contributed by atoms with Crippen LogP contribution in [0.3, 0.4) is 0 Å². The van der Waals surface area contributed by atoms with Gasteiger partial charge in [0.05, 0.1) is 34.8 Å². The number of aliphatic hydroxyl groups excluding tert-OH is 1. The molecule has 2 aliphatic rings. The maximum atomic E-state index is 14.2. The van der Waals surface area contributed by atoms with Crippen LogP contribution in [0.2, 0.25) is 0 Å². The van der Waals surface area contributed by atoms with Crippen LogP contribution in [0.25, 0.3) is 21.6 Å². The lowest BCUT2D eigenvalue weighted by molar-refractivity contribution is -0.144. The smallest absolute Gasteiger partial charge is 0.251 e. The average molecular weight is 1050 g/mol. The number of H-pyrrole nitrogens is 1. The molecule has 2 saturated heterocycles. The fraction of sp³-hybridized carbons (Fsp3) is 0.492. The molecule has 4 N–H and O–H groups in total. The molecule has 2 fully saturated rings. The largest absolute Gasteiger partial charge is 0.494 e. The molecule has 4 heterocycles. The molecule has 0 saturated carbocycles. The van der Waals surface area contributed by atoms with Gasteiger partial charge in [-0.2, -0.15) is 0 Å². The fourth-order valence-corrected chi connectivity index (χ4v) is 11.1. The normalized spacial score (nSPS) is 16.9. The molecule has 402 valence electrons.